The molecule has 1 aliphatic carbocycles. The van der Waals surface area contributed by atoms with Crippen molar-refractivity contribution < 1.29 is 9.53 Å². The van der Waals surface area contributed by atoms with Crippen LogP contribution in [0.5, 0.6) is 0 Å². The highest BCUT2D eigenvalue weighted by atomic mass is 32.1. The molecule has 1 aromatic heterocycles. The Bertz CT molecular complexity index is 537. The predicted molar refractivity (Wildman–Crippen MR) is 74.4 cm³/mol. The van der Waals surface area contributed by atoms with Gasteiger partial charge in [0.2, 0.25) is 0 Å². The number of rotatable bonds is 1. The van der Waals surface area contributed by atoms with E-state index in [4.69, 9.17) is 4.74 Å². The molecule has 1 amide bonds. The van der Waals surface area contributed by atoms with E-state index in [-0.39, 0.29) is 5.91 Å². The fourth-order valence-corrected chi connectivity index (χ4v) is 4.46. The molecule has 19 heavy (non-hydrogen) atoms. The van der Waals surface area contributed by atoms with Gasteiger partial charge in [0.05, 0.1) is 18.1 Å². The first kappa shape index (κ1) is 11.7. The van der Waals surface area contributed by atoms with Gasteiger partial charge in [-0.1, -0.05) is 6.08 Å². The Hall–Kier alpha value is -1.13. The third-order valence-corrected chi connectivity index (χ3v) is 5.61. The fourth-order valence-electron chi connectivity index (χ4n) is 3.34. The van der Waals surface area contributed by atoms with Gasteiger partial charge in [0.1, 0.15) is 0 Å². The van der Waals surface area contributed by atoms with Crippen LogP contribution in [-0.2, 0) is 17.8 Å². The highest BCUT2D eigenvalue weighted by molar-refractivity contribution is 7.14. The van der Waals surface area contributed by atoms with Crippen LogP contribution in [0.2, 0.25) is 0 Å². The van der Waals surface area contributed by atoms with E-state index in [1.54, 1.807) is 11.3 Å². The van der Waals surface area contributed by atoms with Crippen LogP contribution in [0.15, 0.2) is 17.7 Å². The topological polar surface area (TPSA) is 29.5 Å². The van der Waals surface area contributed by atoms with Crippen LogP contribution in [0.3, 0.4) is 0 Å². The molecule has 0 saturated carbocycles. The summed E-state index contributed by atoms with van der Waals surface area (Å²) in [5, 5.41) is 0. The average Bonchev–Trinajstić information content (AvgIpc) is 3.10. The van der Waals surface area contributed by atoms with Crippen molar-refractivity contribution in [3.05, 3.63) is 33.0 Å². The first-order valence-corrected chi connectivity index (χ1v) is 7.80. The van der Waals surface area contributed by atoms with Crippen LogP contribution in [0.4, 0.5) is 0 Å². The SMILES string of the molecule is O=C(c1cc2c(s1)CCOC2)N1CC2=CCCC2C1. The molecule has 3 heterocycles. The zero-order valence-corrected chi connectivity index (χ0v) is 11.7. The normalized spacial score (nSPS) is 25.2. The van der Waals surface area contributed by atoms with Gasteiger partial charge < -0.3 is 9.64 Å². The summed E-state index contributed by atoms with van der Waals surface area (Å²) in [6, 6.07) is 2.05. The molecule has 2 aliphatic heterocycles. The van der Waals surface area contributed by atoms with Crippen molar-refractivity contribution in [2.24, 2.45) is 5.92 Å². The van der Waals surface area contributed by atoms with Crippen molar-refractivity contribution >= 4 is 17.2 Å². The third kappa shape index (κ3) is 1.94. The van der Waals surface area contributed by atoms with Crippen LogP contribution in [-0.4, -0.2) is 30.5 Å². The second kappa shape index (κ2) is 4.46. The number of amides is 1. The average molecular weight is 275 g/mol. The summed E-state index contributed by atoms with van der Waals surface area (Å²) in [6.45, 7) is 3.24. The summed E-state index contributed by atoms with van der Waals surface area (Å²) in [7, 11) is 0. The quantitative estimate of drug-likeness (QED) is 0.737. The maximum Gasteiger partial charge on any atom is 0.264 e. The molecular formula is C15H17NO2S. The summed E-state index contributed by atoms with van der Waals surface area (Å²) < 4.78 is 5.45. The first-order chi connectivity index (χ1) is 9.31. The summed E-state index contributed by atoms with van der Waals surface area (Å²) in [5.74, 6) is 0.858. The molecule has 1 aromatic rings. The number of hydrogen-bond acceptors (Lipinski definition) is 3. The van der Waals surface area contributed by atoms with Gasteiger partial charge >= 0.3 is 0 Å². The molecule has 4 heteroatoms. The van der Waals surface area contributed by atoms with E-state index in [9.17, 15) is 4.79 Å². The molecule has 1 atom stereocenters. The van der Waals surface area contributed by atoms with Gasteiger partial charge in [-0.15, -0.1) is 11.3 Å². The van der Waals surface area contributed by atoms with E-state index in [0.29, 0.717) is 12.5 Å². The molecule has 1 fully saturated rings. The Morgan fingerprint density at radius 3 is 3.26 bits per heavy atom. The standard InChI is InChI=1S/C15H17NO2S/c17-15(16-7-10-2-1-3-11(10)8-16)14-6-12-9-18-5-4-13(12)19-14/h2,6,11H,1,3-5,7-9H2. The lowest BCUT2D eigenvalue weighted by molar-refractivity contribution is 0.0792. The third-order valence-electron chi connectivity index (χ3n) is 4.39. The van der Waals surface area contributed by atoms with Crippen LogP contribution in [0.1, 0.15) is 33.0 Å². The van der Waals surface area contributed by atoms with Crippen molar-refractivity contribution in [2.45, 2.75) is 25.9 Å². The van der Waals surface area contributed by atoms with Gasteiger partial charge in [0, 0.05) is 24.4 Å². The number of likely N-dealkylation sites (tertiary alicyclic amines) is 1. The van der Waals surface area contributed by atoms with Gasteiger partial charge in [-0.05, 0) is 36.0 Å². The van der Waals surface area contributed by atoms with Gasteiger partial charge in [-0.2, -0.15) is 0 Å². The number of carbonyl (C=O) groups excluding carboxylic acids is 1. The Kier molecular flexibility index (Phi) is 2.74. The van der Waals surface area contributed by atoms with Crippen molar-refractivity contribution in [1.82, 2.24) is 4.90 Å². The van der Waals surface area contributed by atoms with Crippen LogP contribution < -0.4 is 0 Å². The Labute approximate surface area is 116 Å². The fraction of sp³-hybridized carbons (Fsp3) is 0.533. The summed E-state index contributed by atoms with van der Waals surface area (Å²) in [6.07, 6.45) is 5.72. The zero-order valence-electron chi connectivity index (χ0n) is 10.9. The monoisotopic (exact) mass is 275 g/mol. The highest BCUT2D eigenvalue weighted by Gasteiger charge is 2.33. The molecule has 0 radical (unpaired) electrons. The predicted octanol–water partition coefficient (Wildman–Crippen LogP) is 2.61. The van der Waals surface area contributed by atoms with Crippen LogP contribution in [0.25, 0.3) is 0 Å². The number of fused-ring (bicyclic) bond motifs is 2. The molecule has 1 saturated heterocycles. The maximum atomic E-state index is 12.6. The number of nitrogens with zero attached hydrogens (tertiary/aromatic N) is 1. The lowest BCUT2D eigenvalue weighted by Gasteiger charge is -2.14. The van der Waals surface area contributed by atoms with Crippen molar-refractivity contribution in [2.75, 3.05) is 19.7 Å². The molecule has 0 aromatic carbocycles. The lowest BCUT2D eigenvalue weighted by atomic mass is 10.1. The minimum absolute atomic E-state index is 0.217. The smallest absolute Gasteiger partial charge is 0.264 e. The molecular weight excluding hydrogens is 258 g/mol. The van der Waals surface area contributed by atoms with E-state index in [1.807, 2.05) is 11.0 Å². The number of hydrogen-bond donors (Lipinski definition) is 0. The summed E-state index contributed by atoms with van der Waals surface area (Å²) in [5.41, 5.74) is 2.70. The van der Waals surface area contributed by atoms with Gasteiger partial charge in [-0.3, -0.25) is 4.79 Å². The van der Waals surface area contributed by atoms with Crippen molar-refractivity contribution in [3.8, 4) is 0 Å². The molecule has 0 N–H and O–H groups in total. The molecule has 1 unspecified atom stereocenters. The largest absolute Gasteiger partial charge is 0.376 e. The number of carbonyl (C=O) groups is 1. The molecule has 0 spiro atoms. The Morgan fingerprint density at radius 2 is 2.42 bits per heavy atom. The minimum atomic E-state index is 0.217. The number of ether oxygens (including phenoxy) is 1. The van der Waals surface area contributed by atoms with Crippen LogP contribution in [0, 0.1) is 5.92 Å². The van der Waals surface area contributed by atoms with Gasteiger partial charge in [0.15, 0.2) is 0 Å². The first-order valence-electron chi connectivity index (χ1n) is 6.99. The minimum Gasteiger partial charge on any atom is -0.376 e. The Balaban J connectivity index is 1.56. The number of thiophene rings is 1. The van der Waals surface area contributed by atoms with Crippen molar-refractivity contribution in [3.63, 3.8) is 0 Å². The van der Waals surface area contributed by atoms with Crippen molar-refractivity contribution in [1.29, 1.82) is 0 Å². The molecule has 3 aliphatic rings. The van der Waals surface area contributed by atoms with E-state index in [2.05, 4.69) is 6.08 Å². The molecule has 3 nitrogen and oxygen atoms in total. The molecule has 4 rings (SSSR count). The van der Waals surface area contributed by atoms with Crippen LogP contribution >= 0.6 is 11.3 Å². The summed E-state index contributed by atoms with van der Waals surface area (Å²) >= 11 is 1.67. The second-order valence-electron chi connectivity index (χ2n) is 5.60. The second-order valence-corrected chi connectivity index (χ2v) is 6.74. The maximum absolute atomic E-state index is 12.6. The van der Waals surface area contributed by atoms with E-state index in [0.717, 1.165) is 31.0 Å². The Morgan fingerprint density at radius 1 is 1.47 bits per heavy atom. The van der Waals surface area contributed by atoms with Gasteiger partial charge in [0.25, 0.3) is 5.91 Å². The van der Waals surface area contributed by atoms with E-state index < -0.39 is 0 Å². The summed E-state index contributed by atoms with van der Waals surface area (Å²) in [4.78, 5) is 16.8. The van der Waals surface area contributed by atoms with Gasteiger partial charge in [-0.25, -0.2) is 0 Å². The van der Waals surface area contributed by atoms with E-state index in [1.165, 1.54) is 28.9 Å². The lowest BCUT2D eigenvalue weighted by Crippen LogP contribution is -2.28. The number of allylic oxidation sites excluding steroid dienone is 1. The highest BCUT2D eigenvalue weighted by Crippen LogP contribution is 2.35. The molecule has 100 valence electrons. The van der Waals surface area contributed by atoms with E-state index >= 15 is 0 Å². The molecule has 0 bridgehead atoms. The zero-order chi connectivity index (χ0) is 12.8.